The number of carbonyl (C=O) groups excluding carboxylic acids is 1. The Morgan fingerprint density at radius 3 is 2.92 bits per heavy atom. The van der Waals surface area contributed by atoms with Gasteiger partial charge in [0.05, 0.1) is 26.3 Å². The van der Waals surface area contributed by atoms with Gasteiger partial charge in [-0.3, -0.25) is 4.79 Å². The van der Waals surface area contributed by atoms with Crippen LogP contribution in [0.15, 0.2) is 23.6 Å². The highest BCUT2D eigenvalue weighted by molar-refractivity contribution is 7.13. The van der Waals surface area contributed by atoms with E-state index in [4.69, 9.17) is 9.47 Å². The number of carbonyl (C=O) groups is 1. The summed E-state index contributed by atoms with van der Waals surface area (Å²) in [7, 11) is 3.22. The number of ether oxygens (including phenoxy) is 2. The highest BCUT2D eigenvalue weighted by atomic mass is 32.1. The first-order chi connectivity index (χ1) is 12.7. The molecule has 1 fully saturated rings. The zero-order valence-corrected chi connectivity index (χ0v) is 16.0. The lowest BCUT2D eigenvalue weighted by Gasteiger charge is -2.09. The Kier molecular flexibility index (Phi) is 6.46. The second kappa shape index (κ2) is 9.00. The van der Waals surface area contributed by atoms with Crippen LogP contribution >= 0.6 is 11.3 Å². The summed E-state index contributed by atoms with van der Waals surface area (Å²) in [5, 5.41) is 9.15. The molecule has 1 saturated heterocycles. The molecule has 1 aromatic carbocycles. The number of nitrogens with one attached hydrogen (secondary N) is 2. The van der Waals surface area contributed by atoms with Crippen LogP contribution in [0.4, 0.5) is 0 Å². The molecule has 0 spiro atoms. The number of rotatable bonds is 8. The number of amides is 1. The van der Waals surface area contributed by atoms with Crippen LogP contribution in [0, 0.1) is 5.92 Å². The van der Waals surface area contributed by atoms with Crippen molar-refractivity contribution in [1.29, 1.82) is 0 Å². The molecule has 0 radical (unpaired) electrons. The normalized spacial score (nSPS) is 16.5. The highest BCUT2D eigenvalue weighted by Gasteiger charge is 2.15. The van der Waals surface area contributed by atoms with E-state index >= 15 is 0 Å². The first kappa shape index (κ1) is 18.7. The lowest BCUT2D eigenvalue weighted by Crippen LogP contribution is -2.27. The van der Waals surface area contributed by atoms with E-state index in [2.05, 4.69) is 15.6 Å². The molecule has 2 aromatic rings. The van der Waals surface area contributed by atoms with Gasteiger partial charge in [0.2, 0.25) is 5.91 Å². The number of nitrogens with zero attached hydrogens (tertiary/aromatic N) is 1. The van der Waals surface area contributed by atoms with E-state index in [1.807, 2.05) is 23.6 Å². The number of hydrogen-bond donors (Lipinski definition) is 2. The molecule has 3 rings (SSSR count). The number of thiazole rings is 1. The predicted molar refractivity (Wildman–Crippen MR) is 103 cm³/mol. The van der Waals surface area contributed by atoms with Gasteiger partial charge < -0.3 is 20.1 Å². The van der Waals surface area contributed by atoms with Crippen molar-refractivity contribution in [3.05, 3.63) is 29.3 Å². The van der Waals surface area contributed by atoms with Gasteiger partial charge in [-0.1, -0.05) is 0 Å². The molecule has 0 bridgehead atoms. The fraction of sp³-hybridized carbons (Fsp3) is 0.474. The topological polar surface area (TPSA) is 72.5 Å². The van der Waals surface area contributed by atoms with E-state index in [1.54, 1.807) is 14.2 Å². The fourth-order valence-corrected chi connectivity index (χ4v) is 3.91. The summed E-state index contributed by atoms with van der Waals surface area (Å²) in [5.74, 6) is 2.07. The smallest absolute Gasteiger partial charge is 0.226 e. The van der Waals surface area contributed by atoms with Gasteiger partial charge in [-0.25, -0.2) is 4.98 Å². The standard InChI is InChI=1S/C19H25N3O3S/c1-24-16-4-3-14(9-17(16)25-2)19-22-15(12-26-19)10-18(23)21-8-6-13-5-7-20-11-13/h3-4,9,12-13,20H,5-8,10-11H2,1-2H3,(H,21,23). The molecule has 1 atom stereocenters. The number of methoxy groups -OCH3 is 2. The summed E-state index contributed by atoms with van der Waals surface area (Å²) in [6, 6.07) is 5.71. The van der Waals surface area contributed by atoms with Gasteiger partial charge >= 0.3 is 0 Å². The molecule has 1 aliphatic rings. The van der Waals surface area contributed by atoms with Crippen LogP contribution in [-0.4, -0.2) is 44.7 Å². The Bertz CT molecular complexity index is 741. The molecule has 140 valence electrons. The van der Waals surface area contributed by atoms with Crippen molar-refractivity contribution in [3.8, 4) is 22.1 Å². The van der Waals surface area contributed by atoms with Crippen LogP contribution in [0.25, 0.3) is 10.6 Å². The van der Waals surface area contributed by atoms with Crippen molar-refractivity contribution in [2.75, 3.05) is 33.9 Å². The average molecular weight is 375 g/mol. The lowest BCUT2D eigenvalue weighted by atomic mass is 10.1. The molecule has 0 aliphatic carbocycles. The van der Waals surface area contributed by atoms with Gasteiger partial charge in [-0.2, -0.15) is 0 Å². The molecule has 0 saturated carbocycles. The molecule has 1 aliphatic heterocycles. The summed E-state index contributed by atoms with van der Waals surface area (Å²) in [6.07, 6.45) is 2.55. The monoisotopic (exact) mass is 375 g/mol. The highest BCUT2D eigenvalue weighted by Crippen LogP contribution is 2.33. The van der Waals surface area contributed by atoms with Crippen molar-refractivity contribution < 1.29 is 14.3 Å². The van der Waals surface area contributed by atoms with Crippen molar-refractivity contribution in [1.82, 2.24) is 15.6 Å². The Labute approximate surface area is 157 Å². The molecule has 6 nitrogen and oxygen atoms in total. The maximum Gasteiger partial charge on any atom is 0.226 e. The molecule has 7 heteroatoms. The maximum absolute atomic E-state index is 12.1. The molecule has 1 amide bonds. The largest absolute Gasteiger partial charge is 0.493 e. The molecule has 2 heterocycles. The van der Waals surface area contributed by atoms with Crippen LogP contribution in [0.3, 0.4) is 0 Å². The van der Waals surface area contributed by atoms with E-state index in [0.29, 0.717) is 23.8 Å². The minimum absolute atomic E-state index is 0.0279. The van der Waals surface area contributed by atoms with Crippen molar-refractivity contribution >= 4 is 17.2 Å². The molecule has 1 unspecified atom stereocenters. The van der Waals surface area contributed by atoms with Crippen molar-refractivity contribution in [3.63, 3.8) is 0 Å². The van der Waals surface area contributed by atoms with E-state index < -0.39 is 0 Å². The molecule has 26 heavy (non-hydrogen) atoms. The van der Waals surface area contributed by atoms with E-state index in [9.17, 15) is 4.79 Å². The maximum atomic E-state index is 12.1. The zero-order chi connectivity index (χ0) is 18.4. The zero-order valence-electron chi connectivity index (χ0n) is 15.2. The lowest BCUT2D eigenvalue weighted by molar-refractivity contribution is -0.120. The number of aromatic nitrogens is 1. The molecule has 2 N–H and O–H groups in total. The number of benzene rings is 1. The Balaban J connectivity index is 1.54. The molecular formula is C19H25N3O3S. The first-order valence-corrected chi connectivity index (χ1v) is 9.71. The number of hydrogen-bond acceptors (Lipinski definition) is 6. The van der Waals surface area contributed by atoms with Gasteiger partial charge in [0, 0.05) is 17.5 Å². The summed E-state index contributed by atoms with van der Waals surface area (Å²) in [6.45, 7) is 2.89. The van der Waals surface area contributed by atoms with Crippen LogP contribution in [0.2, 0.25) is 0 Å². The Morgan fingerprint density at radius 1 is 1.35 bits per heavy atom. The van der Waals surface area contributed by atoms with Gasteiger partial charge in [-0.15, -0.1) is 11.3 Å². The predicted octanol–water partition coefficient (Wildman–Crippen LogP) is 2.49. The fourth-order valence-electron chi connectivity index (χ4n) is 3.09. The Morgan fingerprint density at radius 2 is 2.19 bits per heavy atom. The van der Waals surface area contributed by atoms with Gasteiger partial charge in [0.15, 0.2) is 11.5 Å². The Hall–Kier alpha value is -2.12. The quantitative estimate of drug-likeness (QED) is 0.742. The third-order valence-electron chi connectivity index (χ3n) is 4.56. The van der Waals surface area contributed by atoms with Crippen LogP contribution < -0.4 is 20.1 Å². The second-order valence-electron chi connectivity index (χ2n) is 6.39. The second-order valence-corrected chi connectivity index (χ2v) is 7.25. The summed E-state index contributed by atoms with van der Waals surface area (Å²) >= 11 is 1.53. The minimum atomic E-state index is 0.0279. The van der Waals surface area contributed by atoms with Gasteiger partial charge in [-0.05, 0) is 50.0 Å². The minimum Gasteiger partial charge on any atom is -0.493 e. The summed E-state index contributed by atoms with van der Waals surface area (Å²) in [4.78, 5) is 16.7. The van der Waals surface area contributed by atoms with E-state index in [-0.39, 0.29) is 5.91 Å². The van der Waals surface area contributed by atoms with Crippen LogP contribution in [-0.2, 0) is 11.2 Å². The summed E-state index contributed by atoms with van der Waals surface area (Å²) in [5.41, 5.74) is 1.74. The molecular weight excluding hydrogens is 350 g/mol. The van der Waals surface area contributed by atoms with Gasteiger partial charge in [0.1, 0.15) is 5.01 Å². The summed E-state index contributed by atoms with van der Waals surface area (Å²) < 4.78 is 10.6. The van der Waals surface area contributed by atoms with E-state index in [0.717, 1.165) is 42.3 Å². The average Bonchev–Trinajstić information content (AvgIpc) is 3.33. The van der Waals surface area contributed by atoms with Crippen LogP contribution in [0.5, 0.6) is 11.5 Å². The SMILES string of the molecule is COc1ccc(-c2nc(CC(=O)NCCC3CCNC3)cs2)cc1OC. The van der Waals surface area contributed by atoms with Crippen molar-refractivity contribution in [2.45, 2.75) is 19.3 Å². The van der Waals surface area contributed by atoms with Crippen molar-refractivity contribution in [2.24, 2.45) is 5.92 Å². The van der Waals surface area contributed by atoms with Gasteiger partial charge in [0.25, 0.3) is 0 Å². The first-order valence-electron chi connectivity index (χ1n) is 8.84. The third-order valence-corrected chi connectivity index (χ3v) is 5.50. The van der Waals surface area contributed by atoms with E-state index in [1.165, 1.54) is 17.8 Å². The molecule has 1 aromatic heterocycles. The third kappa shape index (κ3) is 4.74. The van der Waals surface area contributed by atoms with Crippen LogP contribution in [0.1, 0.15) is 18.5 Å².